The van der Waals surface area contributed by atoms with Crippen molar-refractivity contribution in [2.75, 3.05) is 33.0 Å². The van der Waals surface area contributed by atoms with Crippen LogP contribution in [0.2, 0.25) is 0 Å². The van der Waals surface area contributed by atoms with Crippen LogP contribution in [0.4, 0.5) is 0 Å². The van der Waals surface area contributed by atoms with Gasteiger partial charge in [0.1, 0.15) is 42.7 Å². The lowest BCUT2D eigenvalue weighted by molar-refractivity contribution is 0.00748. The number of para-hydroxylation sites is 1. The summed E-state index contributed by atoms with van der Waals surface area (Å²) in [6, 6.07) is 23.3. The molecule has 4 rings (SSSR count). The van der Waals surface area contributed by atoms with Gasteiger partial charge in [-0.15, -0.1) is 0 Å². The molecule has 1 unspecified atom stereocenters. The van der Waals surface area contributed by atoms with Gasteiger partial charge in [0.05, 0.1) is 6.61 Å². The molecule has 0 radical (unpaired) electrons. The van der Waals surface area contributed by atoms with Gasteiger partial charge in [0.15, 0.2) is 0 Å². The van der Waals surface area contributed by atoms with Gasteiger partial charge in [-0.3, -0.25) is 4.90 Å². The lowest BCUT2D eigenvalue weighted by Crippen LogP contribution is -2.30. The fraction of sp³-hybridized carbons (Fsp3) is 0.333. The number of rotatable bonds is 9. The Morgan fingerprint density at radius 1 is 0.970 bits per heavy atom. The molecule has 6 heteroatoms. The maximum absolute atomic E-state index is 11.1. The number of nitrogens with zero attached hydrogens (tertiary/aromatic N) is 1. The van der Waals surface area contributed by atoms with E-state index in [1.165, 1.54) is 5.56 Å². The van der Waals surface area contributed by atoms with Gasteiger partial charge in [-0.25, -0.2) is 0 Å². The molecule has 1 aliphatic rings. The highest BCUT2D eigenvalue weighted by Gasteiger charge is 2.26. The number of ether oxygens (including phenoxy) is 3. The predicted octanol–water partition coefficient (Wildman–Crippen LogP) is 3.74. The average molecular weight is 450 g/mol. The molecular weight excluding hydrogens is 418 g/mol. The van der Waals surface area contributed by atoms with Crippen molar-refractivity contribution in [3.63, 3.8) is 0 Å². The summed E-state index contributed by atoms with van der Waals surface area (Å²) in [5, 5.41) is 20.0. The van der Waals surface area contributed by atoms with Crippen LogP contribution in [-0.2, 0) is 18.7 Å². The molecule has 0 aliphatic carbocycles. The van der Waals surface area contributed by atoms with Crippen molar-refractivity contribution in [2.45, 2.75) is 25.6 Å². The summed E-state index contributed by atoms with van der Waals surface area (Å²) in [6.45, 7) is 5.14. The molecule has 3 aromatic carbocycles. The van der Waals surface area contributed by atoms with Gasteiger partial charge >= 0.3 is 0 Å². The summed E-state index contributed by atoms with van der Waals surface area (Å²) in [4.78, 5) is 2.33. The van der Waals surface area contributed by atoms with E-state index in [0.717, 1.165) is 48.0 Å². The lowest BCUT2D eigenvalue weighted by atomic mass is 9.94. The molecule has 0 aromatic heterocycles. The van der Waals surface area contributed by atoms with Gasteiger partial charge in [0.2, 0.25) is 0 Å². The van der Waals surface area contributed by atoms with Crippen LogP contribution < -0.4 is 14.2 Å². The molecule has 0 saturated carbocycles. The molecular formula is C27H31NO5. The number of hydrogen-bond acceptors (Lipinski definition) is 6. The Morgan fingerprint density at radius 3 is 2.48 bits per heavy atom. The van der Waals surface area contributed by atoms with E-state index < -0.39 is 5.60 Å². The maximum atomic E-state index is 11.1. The largest absolute Gasteiger partial charge is 0.492 e. The highest BCUT2D eigenvalue weighted by atomic mass is 16.5. The third kappa shape index (κ3) is 6.26. The molecule has 0 amide bonds. The van der Waals surface area contributed by atoms with Crippen molar-refractivity contribution in [2.24, 2.45) is 0 Å². The molecule has 0 spiro atoms. The van der Waals surface area contributed by atoms with Crippen LogP contribution in [0, 0.1) is 0 Å². The first-order chi connectivity index (χ1) is 16.0. The summed E-state index contributed by atoms with van der Waals surface area (Å²) in [5.74, 6) is 2.34. The standard InChI is InChI=1S/C27H31NO5/c1-27(30,20-33-24-5-3-2-4-6-24)23-9-12-26-22(17-23)19-28(13-15-32-26)18-21-7-10-25(11-8-21)31-16-14-29/h2-12,17,29-30H,13-16,18-20H2,1H3. The zero-order valence-corrected chi connectivity index (χ0v) is 18.9. The average Bonchev–Trinajstić information content (AvgIpc) is 3.04. The van der Waals surface area contributed by atoms with E-state index in [0.29, 0.717) is 13.2 Å². The Morgan fingerprint density at radius 2 is 1.73 bits per heavy atom. The van der Waals surface area contributed by atoms with Crippen molar-refractivity contribution in [1.82, 2.24) is 4.90 Å². The number of fused-ring (bicyclic) bond motifs is 1. The van der Waals surface area contributed by atoms with Crippen LogP contribution in [0.15, 0.2) is 72.8 Å². The van der Waals surface area contributed by atoms with Crippen molar-refractivity contribution >= 4 is 0 Å². The quantitative estimate of drug-likeness (QED) is 0.519. The lowest BCUT2D eigenvalue weighted by Gasteiger charge is -2.25. The van der Waals surface area contributed by atoms with Gasteiger partial charge in [-0.05, 0) is 54.4 Å². The van der Waals surface area contributed by atoms with E-state index in [1.54, 1.807) is 6.92 Å². The molecule has 0 fully saturated rings. The Bertz CT molecular complexity index is 1020. The molecule has 3 aromatic rings. The molecule has 1 heterocycles. The van der Waals surface area contributed by atoms with Gasteiger partial charge in [0.25, 0.3) is 0 Å². The molecule has 0 bridgehead atoms. The Labute approximate surface area is 195 Å². The first kappa shape index (κ1) is 23.1. The Kier molecular flexibility index (Phi) is 7.50. The van der Waals surface area contributed by atoms with E-state index >= 15 is 0 Å². The van der Waals surface area contributed by atoms with Crippen LogP contribution in [-0.4, -0.2) is 48.1 Å². The van der Waals surface area contributed by atoms with Crippen molar-refractivity contribution < 1.29 is 24.4 Å². The van der Waals surface area contributed by atoms with Gasteiger partial charge < -0.3 is 24.4 Å². The number of hydrogen-bond donors (Lipinski definition) is 2. The van der Waals surface area contributed by atoms with E-state index in [4.69, 9.17) is 19.3 Å². The SMILES string of the molecule is CC(O)(COc1ccccc1)c1ccc2c(c1)CN(Cc1ccc(OCCO)cc1)CCO2. The topological polar surface area (TPSA) is 71.4 Å². The Hall–Kier alpha value is -3.06. The van der Waals surface area contributed by atoms with Crippen LogP contribution in [0.5, 0.6) is 17.2 Å². The zero-order valence-electron chi connectivity index (χ0n) is 18.9. The number of aliphatic hydroxyl groups is 2. The second-order valence-corrected chi connectivity index (χ2v) is 8.47. The summed E-state index contributed by atoms with van der Waals surface area (Å²) < 4.78 is 17.2. The van der Waals surface area contributed by atoms with Gasteiger partial charge in [-0.2, -0.15) is 0 Å². The highest BCUT2D eigenvalue weighted by Crippen LogP contribution is 2.30. The minimum Gasteiger partial charge on any atom is -0.492 e. The normalized spacial score (nSPS) is 15.6. The summed E-state index contributed by atoms with van der Waals surface area (Å²) >= 11 is 0. The molecule has 1 atom stereocenters. The minimum atomic E-state index is -1.13. The number of aliphatic hydroxyl groups excluding tert-OH is 1. The predicted molar refractivity (Wildman–Crippen MR) is 127 cm³/mol. The van der Waals surface area contributed by atoms with Crippen LogP contribution in [0.25, 0.3) is 0 Å². The van der Waals surface area contributed by atoms with E-state index in [1.807, 2.05) is 72.8 Å². The number of benzene rings is 3. The van der Waals surface area contributed by atoms with Crippen molar-refractivity contribution in [3.8, 4) is 17.2 Å². The summed E-state index contributed by atoms with van der Waals surface area (Å²) in [5.41, 5.74) is 1.89. The fourth-order valence-corrected chi connectivity index (χ4v) is 3.86. The third-order valence-corrected chi connectivity index (χ3v) is 5.69. The molecule has 174 valence electrons. The third-order valence-electron chi connectivity index (χ3n) is 5.69. The zero-order chi connectivity index (χ0) is 23.1. The minimum absolute atomic E-state index is 0.00217. The van der Waals surface area contributed by atoms with Crippen LogP contribution >= 0.6 is 0 Å². The second kappa shape index (κ2) is 10.7. The van der Waals surface area contributed by atoms with Crippen LogP contribution in [0.1, 0.15) is 23.6 Å². The van der Waals surface area contributed by atoms with E-state index in [2.05, 4.69) is 4.90 Å². The first-order valence-electron chi connectivity index (χ1n) is 11.2. The maximum Gasteiger partial charge on any atom is 0.123 e. The first-order valence-corrected chi connectivity index (χ1v) is 11.2. The van der Waals surface area contributed by atoms with Crippen molar-refractivity contribution in [1.29, 1.82) is 0 Å². The Balaban J connectivity index is 1.43. The molecule has 6 nitrogen and oxygen atoms in total. The van der Waals surface area contributed by atoms with E-state index in [9.17, 15) is 5.11 Å². The summed E-state index contributed by atoms with van der Waals surface area (Å²) in [6.07, 6.45) is 0. The smallest absolute Gasteiger partial charge is 0.123 e. The highest BCUT2D eigenvalue weighted by molar-refractivity contribution is 5.40. The van der Waals surface area contributed by atoms with E-state index in [-0.39, 0.29) is 13.2 Å². The van der Waals surface area contributed by atoms with Crippen LogP contribution in [0.3, 0.4) is 0 Å². The molecule has 2 N–H and O–H groups in total. The second-order valence-electron chi connectivity index (χ2n) is 8.47. The fourth-order valence-electron chi connectivity index (χ4n) is 3.86. The summed E-state index contributed by atoms with van der Waals surface area (Å²) in [7, 11) is 0. The van der Waals surface area contributed by atoms with Crippen molar-refractivity contribution in [3.05, 3.63) is 89.5 Å². The van der Waals surface area contributed by atoms with Gasteiger partial charge in [0, 0.05) is 25.2 Å². The van der Waals surface area contributed by atoms with Gasteiger partial charge in [-0.1, -0.05) is 36.4 Å². The molecule has 1 aliphatic heterocycles. The monoisotopic (exact) mass is 449 g/mol. The molecule has 33 heavy (non-hydrogen) atoms. The molecule has 0 saturated heterocycles.